The predicted molar refractivity (Wildman–Crippen MR) is 128 cm³/mol. The van der Waals surface area contributed by atoms with Gasteiger partial charge in [0.05, 0.1) is 23.4 Å². The number of amides is 1. The van der Waals surface area contributed by atoms with Gasteiger partial charge in [0.15, 0.2) is 0 Å². The standard InChI is InChI=1S/C22H28BrN3O5S/c1-22(2,3)31-21(27)26-12-10-25(11-13-26)19-15-17(8-9-20(19)30-4)24-32(28,29)18-7-5-6-16(23)14-18/h5-9,14-15,24H,10-13H2,1-4H3. The molecule has 1 aliphatic rings. The van der Waals surface area contributed by atoms with Gasteiger partial charge < -0.3 is 19.3 Å². The summed E-state index contributed by atoms with van der Waals surface area (Å²) in [5, 5.41) is 0. The van der Waals surface area contributed by atoms with E-state index in [1.54, 1.807) is 48.4 Å². The Morgan fingerprint density at radius 1 is 1.06 bits per heavy atom. The molecule has 1 heterocycles. The molecule has 0 aliphatic carbocycles. The number of halogens is 1. The van der Waals surface area contributed by atoms with Crippen molar-refractivity contribution in [1.82, 2.24) is 4.90 Å². The van der Waals surface area contributed by atoms with Gasteiger partial charge in [0.1, 0.15) is 11.4 Å². The highest BCUT2D eigenvalue weighted by atomic mass is 79.9. The van der Waals surface area contributed by atoms with E-state index in [1.165, 1.54) is 6.07 Å². The van der Waals surface area contributed by atoms with Crippen molar-refractivity contribution in [3.63, 3.8) is 0 Å². The van der Waals surface area contributed by atoms with Crippen LogP contribution in [0.25, 0.3) is 0 Å². The lowest BCUT2D eigenvalue weighted by Crippen LogP contribution is -2.50. The molecule has 0 saturated carbocycles. The Hall–Kier alpha value is -2.46. The van der Waals surface area contributed by atoms with Gasteiger partial charge in [-0.15, -0.1) is 0 Å². The van der Waals surface area contributed by atoms with Crippen LogP contribution in [0.1, 0.15) is 20.8 Å². The highest BCUT2D eigenvalue weighted by molar-refractivity contribution is 9.10. The topological polar surface area (TPSA) is 88.2 Å². The van der Waals surface area contributed by atoms with Crippen LogP contribution in [-0.2, 0) is 14.8 Å². The van der Waals surface area contributed by atoms with E-state index in [4.69, 9.17) is 9.47 Å². The molecule has 8 nitrogen and oxygen atoms in total. The lowest BCUT2D eigenvalue weighted by molar-refractivity contribution is 0.0240. The lowest BCUT2D eigenvalue weighted by Gasteiger charge is -2.37. The van der Waals surface area contributed by atoms with Crippen molar-refractivity contribution in [2.45, 2.75) is 31.3 Å². The summed E-state index contributed by atoms with van der Waals surface area (Å²) in [5.41, 5.74) is 0.637. The van der Waals surface area contributed by atoms with Crippen molar-refractivity contribution in [2.75, 3.05) is 42.9 Å². The van der Waals surface area contributed by atoms with Gasteiger partial charge in [-0.3, -0.25) is 4.72 Å². The SMILES string of the molecule is COc1ccc(NS(=O)(=O)c2cccc(Br)c2)cc1N1CCN(C(=O)OC(C)(C)C)CC1. The summed E-state index contributed by atoms with van der Waals surface area (Å²) < 4.78 is 39.8. The lowest BCUT2D eigenvalue weighted by atomic mass is 10.2. The molecule has 10 heteroatoms. The number of methoxy groups -OCH3 is 1. The second-order valence-electron chi connectivity index (χ2n) is 8.40. The fourth-order valence-electron chi connectivity index (χ4n) is 3.31. The number of carbonyl (C=O) groups excluding carboxylic acids is 1. The number of anilines is 2. The molecule has 1 amide bonds. The van der Waals surface area contributed by atoms with Crippen LogP contribution in [0.15, 0.2) is 51.8 Å². The maximum absolute atomic E-state index is 12.8. The van der Waals surface area contributed by atoms with E-state index in [0.29, 0.717) is 42.1 Å². The van der Waals surface area contributed by atoms with Crippen LogP contribution < -0.4 is 14.4 Å². The first-order valence-electron chi connectivity index (χ1n) is 10.2. The second kappa shape index (κ2) is 9.58. The number of ether oxygens (including phenoxy) is 2. The summed E-state index contributed by atoms with van der Waals surface area (Å²) >= 11 is 3.30. The maximum atomic E-state index is 12.8. The Labute approximate surface area is 197 Å². The Kier molecular flexibility index (Phi) is 7.24. The molecular formula is C22H28BrN3O5S. The van der Waals surface area contributed by atoms with Gasteiger partial charge in [-0.05, 0) is 57.2 Å². The highest BCUT2D eigenvalue weighted by Crippen LogP contribution is 2.33. The molecule has 2 aromatic carbocycles. The summed E-state index contributed by atoms with van der Waals surface area (Å²) in [6, 6.07) is 11.7. The number of sulfonamides is 1. The minimum absolute atomic E-state index is 0.162. The van der Waals surface area contributed by atoms with Crippen LogP contribution in [0.4, 0.5) is 16.2 Å². The first-order chi connectivity index (χ1) is 15.0. The monoisotopic (exact) mass is 525 g/mol. The van der Waals surface area contributed by atoms with Gasteiger partial charge in [0.25, 0.3) is 10.0 Å². The first kappa shape index (κ1) is 24.2. The molecule has 1 saturated heterocycles. The summed E-state index contributed by atoms with van der Waals surface area (Å²) in [6.45, 7) is 7.64. The maximum Gasteiger partial charge on any atom is 0.410 e. The number of hydrogen-bond donors (Lipinski definition) is 1. The van der Waals surface area contributed by atoms with Crippen molar-refractivity contribution in [3.8, 4) is 5.75 Å². The van der Waals surface area contributed by atoms with Crippen LogP contribution in [0.2, 0.25) is 0 Å². The number of nitrogens with one attached hydrogen (secondary N) is 1. The summed E-state index contributed by atoms with van der Waals surface area (Å²) in [5.74, 6) is 0.626. The third-order valence-corrected chi connectivity index (χ3v) is 6.68. The van der Waals surface area contributed by atoms with Crippen molar-refractivity contribution < 1.29 is 22.7 Å². The summed E-state index contributed by atoms with van der Waals surface area (Å²) in [4.78, 5) is 16.2. The van der Waals surface area contributed by atoms with E-state index >= 15 is 0 Å². The smallest absolute Gasteiger partial charge is 0.410 e. The van der Waals surface area contributed by atoms with Crippen molar-refractivity contribution >= 4 is 43.4 Å². The molecule has 2 aromatic rings. The second-order valence-corrected chi connectivity index (χ2v) is 11.0. The molecule has 1 fully saturated rings. The summed E-state index contributed by atoms with van der Waals surface area (Å²) in [7, 11) is -2.18. The van der Waals surface area contributed by atoms with Gasteiger partial charge in [-0.25, -0.2) is 13.2 Å². The number of hydrogen-bond acceptors (Lipinski definition) is 6. The highest BCUT2D eigenvalue weighted by Gasteiger charge is 2.27. The van der Waals surface area contributed by atoms with E-state index in [-0.39, 0.29) is 11.0 Å². The van der Waals surface area contributed by atoms with E-state index in [1.807, 2.05) is 20.8 Å². The molecular weight excluding hydrogens is 498 g/mol. The summed E-state index contributed by atoms with van der Waals surface area (Å²) in [6.07, 6.45) is -0.334. The zero-order chi connectivity index (χ0) is 23.5. The average Bonchev–Trinajstić information content (AvgIpc) is 2.72. The Morgan fingerprint density at radius 3 is 2.34 bits per heavy atom. The number of piperazine rings is 1. The number of carbonyl (C=O) groups is 1. The molecule has 0 spiro atoms. The Balaban J connectivity index is 1.75. The van der Waals surface area contributed by atoms with Crippen molar-refractivity contribution in [1.29, 1.82) is 0 Å². The molecule has 0 bridgehead atoms. The van der Waals surface area contributed by atoms with E-state index in [0.717, 1.165) is 5.69 Å². The molecule has 0 atom stereocenters. The predicted octanol–water partition coefficient (Wildman–Crippen LogP) is 4.32. The van der Waals surface area contributed by atoms with Crippen LogP contribution in [-0.4, -0.2) is 58.3 Å². The Bertz CT molecular complexity index is 1080. The fraction of sp³-hybridized carbons (Fsp3) is 0.409. The average molecular weight is 526 g/mol. The molecule has 174 valence electrons. The normalized spacial score (nSPS) is 14.8. The zero-order valence-corrected chi connectivity index (χ0v) is 21.0. The quantitative estimate of drug-likeness (QED) is 0.625. The number of benzene rings is 2. The molecule has 0 unspecified atom stereocenters. The van der Waals surface area contributed by atoms with E-state index in [2.05, 4.69) is 25.6 Å². The van der Waals surface area contributed by atoms with Crippen LogP contribution in [0.3, 0.4) is 0 Å². The van der Waals surface area contributed by atoms with Crippen molar-refractivity contribution in [2.24, 2.45) is 0 Å². The third-order valence-electron chi connectivity index (χ3n) is 4.81. The Morgan fingerprint density at radius 2 is 1.75 bits per heavy atom. The molecule has 32 heavy (non-hydrogen) atoms. The van der Waals surface area contributed by atoms with E-state index < -0.39 is 15.6 Å². The van der Waals surface area contributed by atoms with Crippen LogP contribution >= 0.6 is 15.9 Å². The molecule has 1 aliphatic heterocycles. The van der Waals surface area contributed by atoms with Gasteiger partial charge in [-0.2, -0.15) is 0 Å². The van der Waals surface area contributed by atoms with Crippen LogP contribution in [0, 0.1) is 0 Å². The van der Waals surface area contributed by atoms with Crippen molar-refractivity contribution in [3.05, 3.63) is 46.9 Å². The fourth-order valence-corrected chi connectivity index (χ4v) is 4.95. The van der Waals surface area contributed by atoms with Gasteiger partial charge >= 0.3 is 6.09 Å². The van der Waals surface area contributed by atoms with E-state index in [9.17, 15) is 13.2 Å². The molecule has 0 aromatic heterocycles. The molecule has 3 rings (SSSR count). The zero-order valence-electron chi connectivity index (χ0n) is 18.6. The first-order valence-corrected chi connectivity index (χ1v) is 12.5. The minimum atomic E-state index is -3.75. The number of nitrogens with zero attached hydrogens (tertiary/aromatic N) is 2. The van der Waals surface area contributed by atoms with Gasteiger partial charge in [-0.1, -0.05) is 22.0 Å². The third kappa shape index (κ3) is 6.07. The van der Waals surface area contributed by atoms with Crippen LogP contribution in [0.5, 0.6) is 5.75 Å². The minimum Gasteiger partial charge on any atom is -0.495 e. The molecule has 0 radical (unpaired) electrons. The largest absolute Gasteiger partial charge is 0.495 e. The van der Waals surface area contributed by atoms with Gasteiger partial charge in [0.2, 0.25) is 0 Å². The van der Waals surface area contributed by atoms with Gasteiger partial charge in [0, 0.05) is 30.7 Å². The number of rotatable bonds is 5. The molecule has 1 N–H and O–H groups in total.